The number of carbonyl (C=O) groups excluding carboxylic acids is 1. The van der Waals surface area contributed by atoms with Crippen LogP contribution < -0.4 is 15.1 Å². The Labute approximate surface area is 131 Å². The molecule has 0 unspecified atom stereocenters. The monoisotopic (exact) mass is 324 g/mol. The first kappa shape index (κ1) is 16.6. The SMILES string of the molecule is CCCCCCN1[CH-][N+](=c2ccc(S(N)(=O)=O)c[cH-]2)CC1=O. The van der Waals surface area contributed by atoms with Gasteiger partial charge in [-0.25, -0.2) is 13.6 Å². The van der Waals surface area contributed by atoms with Gasteiger partial charge in [0.25, 0.3) is 5.91 Å². The molecule has 122 valence electrons. The minimum Gasteiger partial charge on any atom is -0.355 e. The molecule has 7 heteroatoms. The molecule has 0 spiro atoms. The first-order chi connectivity index (χ1) is 10.4. The average Bonchev–Trinajstić information content (AvgIpc) is 2.84. The Morgan fingerprint density at radius 1 is 1.32 bits per heavy atom. The Kier molecular flexibility index (Phi) is 5.31. The van der Waals surface area contributed by atoms with Gasteiger partial charge in [-0.05, 0) is 16.7 Å². The zero-order chi connectivity index (χ0) is 16.2. The Balaban J connectivity index is 2.08. The van der Waals surface area contributed by atoms with Gasteiger partial charge in [0.2, 0.25) is 0 Å². The maximum atomic E-state index is 12.0. The van der Waals surface area contributed by atoms with Crippen LogP contribution in [0.2, 0.25) is 0 Å². The first-order valence-electron chi connectivity index (χ1n) is 7.46. The standard InChI is InChI=1S/C15H22N3O3S/c1-2-3-4-5-10-17-12-18(11-15(17)19)13-6-8-14(9-7-13)22(16,20)21/h6-9,12H,2-5,10-11H2,1H3,(H2,16,20,21)/q-1. The van der Waals surface area contributed by atoms with Crippen molar-refractivity contribution < 1.29 is 13.2 Å². The molecule has 1 amide bonds. The van der Waals surface area contributed by atoms with Gasteiger partial charge in [-0.15, -0.1) is 0 Å². The number of hydrogen-bond donors (Lipinski definition) is 1. The van der Waals surface area contributed by atoms with E-state index in [0.717, 1.165) is 24.7 Å². The fourth-order valence-electron chi connectivity index (χ4n) is 2.39. The molecule has 0 saturated carbocycles. The van der Waals surface area contributed by atoms with Crippen LogP contribution in [0.4, 0.5) is 0 Å². The molecule has 2 N–H and O–H groups in total. The highest BCUT2D eigenvalue weighted by molar-refractivity contribution is 7.89. The fourth-order valence-corrected chi connectivity index (χ4v) is 2.90. The third-order valence-electron chi connectivity index (χ3n) is 3.65. The Hall–Kier alpha value is -1.73. The summed E-state index contributed by atoms with van der Waals surface area (Å²) in [7, 11) is -3.69. The predicted octanol–water partition coefficient (Wildman–Crippen LogP) is 0.367. The lowest BCUT2D eigenvalue weighted by atomic mass is 10.2. The smallest absolute Gasteiger partial charge is 0.277 e. The molecule has 1 heterocycles. The number of nitrogens with two attached hydrogens (primary N) is 1. The average molecular weight is 324 g/mol. The van der Waals surface area contributed by atoms with Gasteiger partial charge in [-0.2, -0.15) is 24.3 Å². The number of unbranched alkanes of at least 4 members (excludes halogenated alkanes) is 3. The summed E-state index contributed by atoms with van der Waals surface area (Å²) in [6.07, 6.45) is 4.46. The summed E-state index contributed by atoms with van der Waals surface area (Å²) >= 11 is 0. The zero-order valence-electron chi connectivity index (χ0n) is 12.7. The molecule has 1 aliphatic heterocycles. The van der Waals surface area contributed by atoms with E-state index < -0.39 is 10.0 Å². The number of benzene rings is 1. The molecule has 0 aromatic heterocycles. The van der Waals surface area contributed by atoms with Crippen molar-refractivity contribution in [2.45, 2.75) is 37.5 Å². The number of sulfonamides is 1. The summed E-state index contributed by atoms with van der Waals surface area (Å²) in [5, 5.41) is 5.85. The maximum Gasteiger partial charge on any atom is 0.277 e. The van der Waals surface area contributed by atoms with Gasteiger partial charge in [0.15, 0.2) is 16.6 Å². The number of hydrogen-bond acceptors (Lipinski definition) is 3. The second-order valence-corrected chi connectivity index (χ2v) is 6.99. The normalized spacial score (nSPS) is 15.3. The lowest BCUT2D eigenvalue weighted by Crippen LogP contribution is -2.26. The molecule has 0 aliphatic carbocycles. The summed E-state index contributed by atoms with van der Waals surface area (Å²) < 4.78 is 24.3. The van der Waals surface area contributed by atoms with E-state index in [1.54, 1.807) is 23.7 Å². The largest absolute Gasteiger partial charge is 0.355 e. The van der Waals surface area contributed by atoms with Crippen LogP contribution in [0.3, 0.4) is 0 Å². The quantitative estimate of drug-likeness (QED) is 0.466. The summed E-state index contributed by atoms with van der Waals surface area (Å²) in [4.78, 5) is 13.8. The van der Waals surface area contributed by atoms with Crippen molar-refractivity contribution in [3.8, 4) is 0 Å². The second kappa shape index (κ2) is 7.02. The molecule has 0 radical (unpaired) electrons. The van der Waals surface area contributed by atoms with Gasteiger partial charge in [0.1, 0.15) is 6.67 Å². The predicted molar refractivity (Wildman–Crippen MR) is 83.7 cm³/mol. The molecule has 1 saturated heterocycles. The minimum absolute atomic E-state index is 0.0621. The Morgan fingerprint density at radius 3 is 2.68 bits per heavy atom. The Bertz CT molecular complexity index is 686. The van der Waals surface area contributed by atoms with Crippen LogP contribution in [0.15, 0.2) is 29.2 Å². The van der Waals surface area contributed by atoms with Gasteiger partial charge in [0.05, 0.1) is 0 Å². The van der Waals surface area contributed by atoms with Gasteiger partial charge in [-0.1, -0.05) is 26.2 Å². The zero-order valence-corrected chi connectivity index (χ0v) is 13.6. The molecule has 1 fully saturated rings. The van der Waals surface area contributed by atoms with E-state index in [2.05, 4.69) is 6.92 Å². The molecular weight excluding hydrogens is 302 g/mol. The molecule has 0 bridgehead atoms. The molecule has 0 atom stereocenters. The van der Waals surface area contributed by atoms with Gasteiger partial charge in [0, 0.05) is 6.54 Å². The summed E-state index contributed by atoms with van der Waals surface area (Å²) in [5.74, 6) is 0.0621. The van der Waals surface area contributed by atoms with Crippen molar-refractivity contribution in [3.05, 3.63) is 36.3 Å². The number of primary sulfonamides is 1. The van der Waals surface area contributed by atoms with Crippen molar-refractivity contribution in [2.24, 2.45) is 5.14 Å². The molecule has 1 aliphatic rings. The van der Waals surface area contributed by atoms with Crippen LogP contribution >= 0.6 is 0 Å². The first-order valence-corrected chi connectivity index (χ1v) is 9.00. The van der Waals surface area contributed by atoms with E-state index in [-0.39, 0.29) is 17.3 Å². The highest BCUT2D eigenvalue weighted by Gasteiger charge is 2.23. The lowest BCUT2D eigenvalue weighted by Gasteiger charge is -2.15. The minimum atomic E-state index is -3.69. The van der Waals surface area contributed by atoms with Crippen LogP contribution in [-0.4, -0.2) is 32.3 Å². The van der Waals surface area contributed by atoms with E-state index in [1.807, 2.05) is 4.58 Å². The van der Waals surface area contributed by atoms with Crippen LogP contribution in [0.1, 0.15) is 32.6 Å². The van der Waals surface area contributed by atoms with E-state index in [1.165, 1.54) is 25.0 Å². The van der Waals surface area contributed by atoms with Crippen molar-refractivity contribution in [1.29, 1.82) is 0 Å². The molecule has 22 heavy (non-hydrogen) atoms. The lowest BCUT2D eigenvalue weighted by molar-refractivity contribution is -0.125. The number of carbonyl (C=O) groups is 1. The second-order valence-electron chi connectivity index (χ2n) is 5.43. The molecule has 6 nitrogen and oxygen atoms in total. The molecule has 1 aromatic carbocycles. The van der Waals surface area contributed by atoms with E-state index in [4.69, 9.17) is 5.14 Å². The van der Waals surface area contributed by atoms with Gasteiger partial charge in [-0.3, -0.25) is 4.79 Å². The van der Waals surface area contributed by atoms with Crippen LogP contribution in [0.25, 0.3) is 0 Å². The summed E-state index contributed by atoms with van der Waals surface area (Å²) in [5.41, 5.74) is 0. The van der Waals surface area contributed by atoms with Crippen LogP contribution in [0, 0.1) is 6.67 Å². The number of amides is 1. The fraction of sp³-hybridized carbons (Fsp3) is 0.467. The molecule has 1 aromatic rings. The number of rotatable bonds is 6. The molecular formula is C15H22N3O3S-. The van der Waals surface area contributed by atoms with Crippen molar-refractivity contribution in [2.75, 3.05) is 13.1 Å². The van der Waals surface area contributed by atoms with Crippen LogP contribution in [-0.2, 0) is 14.8 Å². The van der Waals surface area contributed by atoms with Crippen molar-refractivity contribution in [1.82, 2.24) is 9.48 Å². The highest BCUT2D eigenvalue weighted by Crippen LogP contribution is 2.08. The summed E-state index contributed by atoms with van der Waals surface area (Å²) in [6, 6.07) is 6.22. The maximum absolute atomic E-state index is 12.0. The highest BCUT2D eigenvalue weighted by atomic mass is 32.2. The van der Waals surface area contributed by atoms with Gasteiger partial charge < -0.3 is 9.48 Å². The van der Waals surface area contributed by atoms with Crippen molar-refractivity contribution in [3.63, 3.8) is 0 Å². The third-order valence-corrected chi connectivity index (χ3v) is 4.58. The Morgan fingerprint density at radius 2 is 2.09 bits per heavy atom. The topological polar surface area (TPSA) is 83.5 Å². The molecule has 2 rings (SSSR count). The van der Waals surface area contributed by atoms with E-state index in [9.17, 15) is 13.2 Å². The number of nitrogens with zero attached hydrogens (tertiary/aromatic N) is 2. The van der Waals surface area contributed by atoms with Gasteiger partial charge >= 0.3 is 0 Å². The van der Waals surface area contributed by atoms with Crippen LogP contribution in [0.5, 0.6) is 0 Å². The van der Waals surface area contributed by atoms with Crippen molar-refractivity contribution >= 4 is 15.9 Å². The summed E-state index contributed by atoms with van der Waals surface area (Å²) in [6.45, 7) is 4.95. The van der Waals surface area contributed by atoms with E-state index in [0.29, 0.717) is 0 Å². The van der Waals surface area contributed by atoms with E-state index >= 15 is 0 Å². The third kappa shape index (κ3) is 4.14.